The Kier molecular flexibility index (Phi) is 7.90. The van der Waals surface area contributed by atoms with Gasteiger partial charge in [0.1, 0.15) is 23.3 Å². The monoisotopic (exact) mass is 550 g/mol. The van der Waals surface area contributed by atoms with Crippen molar-refractivity contribution in [3.05, 3.63) is 118 Å². The summed E-state index contributed by atoms with van der Waals surface area (Å²) in [7, 11) is 0. The topological polar surface area (TPSA) is 0 Å². The summed E-state index contributed by atoms with van der Waals surface area (Å²) in [4.78, 5) is 0. The van der Waals surface area contributed by atoms with Crippen LogP contribution in [0.2, 0.25) is 0 Å². The van der Waals surface area contributed by atoms with E-state index >= 15 is 0 Å². The van der Waals surface area contributed by atoms with Gasteiger partial charge in [-0.25, -0.2) is 26.3 Å². The minimum absolute atomic E-state index is 0.101. The second-order valence-electron chi connectivity index (χ2n) is 8.78. The number of hydrogen-bond donors (Lipinski definition) is 0. The molecule has 0 nitrogen and oxygen atoms in total. The van der Waals surface area contributed by atoms with Crippen molar-refractivity contribution in [2.24, 2.45) is 0 Å². The normalized spacial score (nSPS) is 12.5. The summed E-state index contributed by atoms with van der Waals surface area (Å²) < 4.78 is 126. The molecule has 0 unspecified atom stereocenters. The van der Waals surface area contributed by atoms with Crippen LogP contribution in [0, 0.1) is 23.3 Å². The molecule has 0 saturated carbocycles. The van der Waals surface area contributed by atoms with Gasteiger partial charge < -0.3 is 0 Å². The molecule has 0 bridgehead atoms. The molecule has 0 atom stereocenters. The lowest BCUT2D eigenvalue weighted by molar-refractivity contribution is -0.139. The molecule has 4 rings (SSSR count). The van der Waals surface area contributed by atoms with E-state index in [0.717, 1.165) is 48.7 Å². The summed E-state index contributed by atoms with van der Waals surface area (Å²) in [5.74, 6) is -9.32. The van der Waals surface area contributed by atoms with Crippen LogP contribution in [0.15, 0.2) is 72.8 Å². The fourth-order valence-corrected chi connectivity index (χ4v) is 4.14. The number of rotatable bonds is 6. The van der Waals surface area contributed by atoms with Crippen LogP contribution in [-0.2, 0) is 12.6 Å². The van der Waals surface area contributed by atoms with Gasteiger partial charge in [-0.15, -0.1) is 0 Å². The van der Waals surface area contributed by atoms with E-state index in [0.29, 0.717) is 23.8 Å². The fourth-order valence-electron chi connectivity index (χ4n) is 4.14. The lowest BCUT2D eigenvalue weighted by Gasteiger charge is -2.11. The van der Waals surface area contributed by atoms with Crippen LogP contribution in [0.4, 0.5) is 39.5 Å². The third-order valence-electron chi connectivity index (χ3n) is 6.09. The highest BCUT2D eigenvalue weighted by Crippen LogP contribution is 2.37. The van der Waals surface area contributed by atoms with Crippen molar-refractivity contribution in [1.29, 1.82) is 0 Å². The van der Waals surface area contributed by atoms with E-state index in [1.165, 1.54) is 0 Å². The maximum atomic E-state index is 14.9. The molecule has 0 heterocycles. The van der Waals surface area contributed by atoms with Gasteiger partial charge in [0.05, 0.1) is 11.1 Å². The predicted molar refractivity (Wildman–Crippen MR) is 132 cm³/mol. The molecule has 4 aromatic rings. The van der Waals surface area contributed by atoms with Gasteiger partial charge >= 0.3 is 6.18 Å². The maximum absolute atomic E-state index is 14.9. The van der Waals surface area contributed by atoms with E-state index in [1.807, 2.05) is 6.92 Å². The van der Waals surface area contributed by atoms with Crippen LogP contribution in [0.25, 0.3) is 33.9 Å². The van der Waals surface area contributed by atoms with Gasteiger partial charge in [-0.05, 0) is 59.0 Å². The number of alkyl halides is 3. The summed E-state index contributed by atoms with van der Waals surface area (Å²) in [5, 5.41) is 0. The fraction of sp³-hybridized carbons (Fsp3) is 0.133. The molecule has 0 aliphatic rings. The zero-order valence-electron chi connectivity index (χ0n) is 20.2. The quantitative estimate of drug-likeness (QED) is 0.166. The standard InChI is InChI=1S/C30H19F9/c1-2-3-16-4-6-17(7-5-16)20-14-25(33)27(26(34)15-20)29(36)28(35)19-8-10-21(23(31)13-19)18-9-11-22(24(32)12-18)30(37,38)39/h4-15H,2-3H2,1H3. The molecule has 9 heteroatoms. The van der Waals surface area contributed by atoms with Crippen LogP contribution >= 0.6 is 0 Å². The first-order valence-electron chi connectivity index (χ1n) is 11.7. The Labute approximate surface area is 218 Å². The Morgan fingerprint density at radius 2 is 1.21 bits per heavy atom. The van der Waals surface area contributed by atoms with E-state index in [9.17, 15) is 39.5 Å². The van der Waals surface area contributed by atoms with E-state index < -0.39 is 63.4 Å². The third kappa shape index (κ3) is 5.87. The van der Waals surface area contributed by atoms with Crippen LogP contribution in [-0.4, -0.2) is 0 Å². The molecule has 39 heavy (non-hydrogen) atoms. The second kappa shape index (κ2) is 11.0. The van der Waals surface area contributed by atoms with Crippen molar-refractivity contribution < 1.29 is 39.5 Å². The van der Waals surface area contributed by atoms with Crippen molar-refractivity contribution in [3.8, 4) is 22.3 Å². The van der Waals surface area contributed by atoms with E-state index in [2.05, 4.69) is 0 Å². The summed E-state index contributed by atoms with van der Waals surface area (Å²) >= 11 is 0. The highest BCUT2D eigenvalue weighted by Gasteiger charge is 2.34. The first-order chi connectivity index (χ1) is 18.4. The maximum Gasteiger partial charge on any atom is 0.419 e. The Morgan fingerprint density at radius 1 is 0.615 bits per heavy atom. The van der Waals surface area contributed by atoms with E-state index in [1.54, 1.807) is 24.3 Å². The second-order valence-corrected chi connectivity index (χ2v) is 8.78. The molecule has 4 aromatic carbocycles. The number of hydrogen-bond acceptors (Lipinski definition) is 0. The van der Waals surface area contributed by atoms with Gasteiger partial charge in [0.25, 0.3) is 0 Å². The van der Waals surface area contributed by atoms with E-state index in [-0.39, 0.29) is 11.1 Å². The van der Waals surface area contributed by atoms with Gasteiger partial charge in [-0.2, -0.15) is 13.2 Å². The summed E-state index contributed by atoms with van der Waals surface area (Å²) in [6, 6.07) is 12.5. The molecule has 0 saturated heterocycles. The van der Waals surface area contributed by atoms with Gasteiger partial charge in [0, 0.05) is 11.1 Å². The highest BCUT2D eigenvalue weighted by molar-refractivity contribution is 5.85. The SMILES string of the molecule is CCCc1ccc(-c2cc(F)c(C(F)=C(F)c3ccc(-c4ccc(C(F)(F)F)c(F)c4)c(F)c3)c(F)c2)cc1. The first kappa shape index (κ1) is 28.0. The lowest BCUT2D eigenvalue weighted by Crippen LogP contribution is -2.07. The van der Waals surface area contributed by atoms with Crippen LogP contribution in [0.3, 0.4) is 0 Å². The Morgan fingerprint density at radius 3 is 1.74 bits per heavy atom. The smallest absolute Gasteiger partial charge is 0.206 e. The van der Waals surface area contributed by atoms with Gasteiger partial charge in [0.2, 0.25) is 0 Å². The average Bonchev–Trinajstić information content (AvgIpc) is 2.87. The molecule has 0 spiro atoms. The number of aryl methyl sites for hydroxylation is 1. The molecule has 0 aliphatic heterocycles. The first-order valence-corrected chi connectivity index (χ1v) is 11.7. The molecule has 0 aromatic heterocycles. The molecular weight excluding hydrogens is 531 g/mol. The largest absolute Gasteiger partial charge is 0.419 e. The predicted octanol–water partition coefficient (Wildman–Crippen LogP) is 10.3. The van der Waals surface area contributed by atoms with Crippen LogP contribution in [0.5, 0.6) is 0 Å². The molecule has 0 N–H and O–H groups in total. The Hall–Kier alpha value is -4.01. The zero-order chi connectivity index (χ0) is 28.5. The van der Waals surface area contributed by atoms with Gasteiger partial charge in [0.15, 0.2) is 11.7 Å². The number of benzene rings is 4. The highest BCUT2D eigenvalue weighted by atomic mass is 19.4. The average molecular weight is 550 g/mol. The molecule has 202 valence electrons. The lowest BCUT2D eigenvalue weighted by atomic mass is 9.98. The molecular formula is C30H19F9. The minimum atomic E-state index is -4.96. The molecule has 0 amide bonds. The molecule has 0 fully saturated rings. The van der Waals surface area contributed by atoms with Crippen molar-refractivity contribution in [2.75, 3.05) is 0 Å². The third-order valence-corrected chi connectivity index (χ3v) is 6.09. The Balaban J connectivity index is 1.66. The minimum Gasteiger partial charge on any atom is -0.206 e. The zero-order valence-corrected chi connectivity index (χ0v) is 20.2. The summed E-state index contributed by atoms with van der Waals surface area (Å²) in [5.41, 5.74) is -2.66. The van der Waals surface area contributed by atoms with Crippen molar-refractivity contribution >= 4 is 11.7 Å². The van der Waals surface area contributed by atoms with E-state index in [4.69, 9.17) is 0 Å². The Bertz CT molecular complexity index is 1530. The number of halogens is 9. The summed E-state index contributed by atoms with van der Waals surface area (Å²) in [6.07, 6.45) is -3.23. The van der Waals surface area contributed by atoms with Crippen molar-refractivity contribution in [1.82, 2.24) is 0 Å². The van der Waals surface area contributed by atoms with Crippen LogP contribution in [0.1, 0.15) is 35.6 Å². The van der Waals surface area contributed by atoms with Crippen molar-refractivity contribution in [2.45, 2.75) is 25.9 Å². The van der Waals surface area contributed by atoms with Gasteiger partial charge in [-0.3, -0.25) is 0 Å². The molecule has 0 radical (unpaired) electrons. The van der Waals surface area contributed by atoms with Crippen LogP contribution < -0.4 is 0 Å². The molecule has 0 aliphatic carbocycles. The van der Waals surface area contributed by atoms with Gasteiger partial charge in [-0.1, -0.05) is 55.8 Å². The summed E-state index contributed by atoms with van der Waals surface area (Å²) in [6.45, 7) is 2.00. The van der Waals surface area contributed by atoms with Crippen molar-refractivity contribution in [3.63, 3.8) is 0 Å².